The van der Waals surface area contributed by atoms with E-state index in [2.05, 4.69) is 15.3 Å². The molecule has 0 saturated carbocycles. The number of nitrogens with zero attached hydrogens (tertiary/aromatic N) is 1. The number of nitrogens with one attached hydrogen (secondary N) is 2. The molecule has 0 radical (unpaired) electrons. The second-order valence-corrected chi connectivity index (χ2v) is 3.86. The highest BCUT2D eigenvalue weighted by molar-refractivity contribution is 5.42. The molecule has 2 aromatic rings. The van der Waals surface area contributed by atoms with E-state index >= 15 is 0 Å². The summed E-state index contributed by atoms with van der Waals surface area (Å²) in [5.74, 6) is 2.36. The fourth-order valence-electron chi connectivity index (χ4n) is 1.78. The Morgan fingerprint density at radius 1 is 1.28 bits per heavy atom. The van der Waals surface area contributed by atoms with Gasteiger partial charge < -0.3 is 19.8 Å². The van der Waals surface area contributed by atoms with Gasteiger partial charge in [-0.3, -0.25) is 0 Å². The van der Waals surface area contributed by atoms with E-state index in [0.29, 0.717) is 0 Å². The lowest BCUT2D eigenvalue weighted by molar-refractivity contribution is 0.391. The molecular weight excluding hydrogens is 230 g/mol. The van der Waals surface area contributed by atoms with E-state index in [0.717, 1.165) is 35.1 Å². The number of rotatable bonds is 5. The van der Waals surface area contributed by atoms with Crippen molar-refractivity contribution in [3.63, 3.8) is 0 Å². The Morgan fingerprint density at radius 3 is 2.72 bits per heavy atom. The Hall–Kier alpha value is -2.17. The second-order valence-electron chi connectivity index (χ2n) is 3.86. The quantitative estimate of drug-likeness (QED) is 0.849. The third-order valence-electron chi connectivity index (χ3n) is 2.74. The van der Waals surface area contributed by atoms with Crippen LogP contribution in [0.1, 0.15) is 11.3 Å². The van der Waals surface area contributed by atoms with Crippen LogP contribution >= 0.6 is 0 Å². The van der Waals surface area contributed by atoms with Crippen molar-refractivity contribution < 1.29 is 9.47 Å². The summed E-state index contributed by atoms with van der Waals surface area (Å²) < 4.78 is 10.5. The molecule has 0 fully saturated rings. The average Bonchev–Trinajstić information content (AvgIpc) is 2.87. The predicted octanol–water partition coefficient (Wildman–Crippen LogP) is 2.06. The van der Waals surface area contributed by atoms with E-state index in [1.165, 1.54) is 0 Å². The van der Waals surface area contributed by atoms with E-state index in [9.17, 15) is 0 Å². The van der Waals surface area contributed by atoms with Crippen molar-refractivity contribution in [2.24, 2.45) is 0 Å². The van der Waals surface area contributed by atoms with E-state index in [1.54, 1.807) is 14.2 Å². The van der Waals surface area contributed by atoms with Crippen molar-refractivity contribution in [2.45, 2.75) is 6.42 Å². The van der Waals surface area contributed by atoms with E-state index in [1.807, 2.05) is 31.4 Å². The molecule has 18 heavy (non-hydrogen) atoms. The summed E-state index contributed by atoms with van der Waals surface area (Å²) >= 11 is 0. The van der Waals surface area contributed by atoms with Crippen molar-refractivity contribution in [1.82, 2.24) is 9.97 Å². The molecule has 0 amide bonds. The van der Waals surface area contributed by atoms with Gasteiger partial charge in [0, 0.05) is 30.8 Å². The first kappa shape index (κ1) is 12.3. The maximum Gasteiger partial charge on any atom is 0.200 e. The van der Waals surface area contributed by atoms with Gasteiger partial charge in [-0.05, 0) is 6.07 Å². The van der Waals surface area contributed by atoms with Crippen molar-refractivity contribution in [2.75, 3.05) is 26.6 Å². The van der Waals surface area contributed by atoms with Crippen LogP contribution in [0.4, 0.5) is 5.95 Å². The maximum absolute atomic E-state index is 5.36. The van der Waals surface area contributed by atoms with Crippen molar-refractivity contribution in [3.8, 4) is 11.5 Å². The fraction of sp³-hybridized carbons (Fsp3) is 0.308. The van der Waals surface area contributed by atoms with Crippen LogP contribution in [0, 0.1) is 0 Å². The lowest BCUT2D eigenvalue weighted by atomic mass is 10.1. The molecule has 0 bridgehead atoms. The first-order chi connectivity index (χ1) is 8.76. The minimum atomic E-state index is 0.738. The Bertz CT molecular complexity index is 523. The van der Waals surface area contributed by atoms with Crippen LogP contribution in [-0.4, -0.2) is 31.2 Å². The summed E-state index contributed by atoms with van der Waals surface area (Å²) in [6.45, 7) is 0. The van der Waals surface area contributed by atoms with E-state index in [-0.39, 0.29) is 0 Å². The third kappa shape index (κ3) is 2.56. The van der Waals surface area contributed by atoms with Crippen molar-refractivity contribution in [1.29, 1.82) is 0 Å². The van der Waals surface area contributed by atoms with Gasteiger partial charge in [0.1, 0.15) is 11.5 Å². The van der Waals surface area contributed by atoms with E-state index < -0.39 is 0 Å². The summed E-state index contributed by atoms with van der Waals surface area (Å²) in [7, 11) is 5.13. The Balaban J connectivity index is 2.22. The molecule has 0 aliphatic rings. The average molecular weight is 247 g/mol. The van der Waals surface area contributed by atoms with Gasteiger partial charge in [-0.15, -0.1) is 0 Å². The largest absolute Gasteiger partial charge is 0.497 e. The van der Waals surface area contributed by atoms with E-state index in [4.69, 9.17) is 9.47 Å². The van der Waals surface area contributed by atoms with Crippen LogP contribution in [0.3, 0.4) is 0 Å². The number of imidazole rings is 1. The van der Waals surface area contributed by atoms with Crippen LogP contribution < -0.4 is 14.8 Å². The van der Waals surface area contributed by atoms with Gasteiger partial charge in [0.25, 0.3) is 0 Å². The topological polar surface area (TPSA) is 59.2 Å². The SMILES string of the molecule is CNc1ncc(Cc2ccc(OC)cc2OC)[nH]1. The zero-order valence-electron chi connectivity index (χ0n) is 10.8. The first-order valence-electron chi connectivity index (χ1n) is 5.69. The van der Waals surface area contributed by atoms with Gasteiger partial charge >= 0.3 is 0 Å². The van der Waals surface area contributed by atoms with Crippen LogP contribution in [-0.2, 0) is 6.42 Å². The summed E-state index contributed by atoms with van der Waals surface area (Å²) in [5, 5.41) is 2.96. The Kier molecular flexibility index (Phi) is 3.72. The molecule has 2 N–H and O–H groups in total. The normalized spacial score (nSPS) is 10.2. The summed E-state index contributed by atoms with van der Waals surface area (Å²) in [6, 6.07) is 5.80. The number of ether oxygens (including phenoxy) is 2. The molecule has 1 heterocycles. The van der Waals surface area contributed by atoms with Crippen molar-refractivity contribution >= 4 is 5.95 Å². The maximum atomic E-state index is 5.36. The number of aromatic nitrogens is 2. The minimum absolute atomic E-state index is 0.738. The monoisotopic (exact) mass is 247 g/mol. The molecule has 0 unspecified atom stereocenters. The molecule has 0 aliphatic carbocycles. The molecule has 0 aliphatic heterocycles. The zero-order valence-corrected chi connectivity index (χ0v) is 10.8. The Labute approximate surface area is 106 Å². The van der Waals surface area contributed by atoms with Gasteiger partial charge in [0.15, 0.2) is 5.95 Å². The number of hydrogen-bond donors (Lipinski definition) is 2. The first-order valence-corrected chi connectivity index (χ1v) is 5.69. The van der Waals surface area contributed by atoms with Crippen LogP contribution in [0.15, 0.2) is 24.4 Å². The minimum Gasteiger partial charge on any atom is -0.497 e. The number of aromatic amines is 1. The molecule has 0 spiro atoms. The number of anilines is 1. The highest BCUT2D eigenvalue weighted by atomic mass is 16.5. The zero-order chi connectivity index (χ0) is 13.0. The van der Waals surface area contributed by atoms with Crippen LogP contribution in [0.25, 0.3) is 0 Å². The highest BCUT2D eigenvalue weighted by Crippen LogP contribution is 2.26. The smallest absolute Gasteiger partial charge is 0.200 e. The second kappa shape index (κ2) is 5.44. The van der Waals surface area contributed by atoms with Crippen molar-refractivity contribution in [3.05, 3.63) is 35.7 Å². The lowest BCUT2D eigenvalue weighted by Crippen LogP contribution is -1.96. The van der Waals surface area contributed by atoms with Gasteiger partial charge in [-0.1, -0.05) is 6.07 Å². The summed E-state index contributed by atoms with van der Waals surface area (Å²) in [5.41, 5.74) is 2.12. The molecule has 5 nitrogen and oxygen atoms in total. The van der Waals surface area contributed by atoms with Gasteiger partial charge in [0.05, 0.1) is 20.4 Å². The standard InChI is InChI=1S/C13H17N3O2/c1-14-13-15-8-10(16-13)6-9-4-5-11(17-2)7-12(9)18-3/h4-5,7-8H,6H2,1-3H3,(H2,14,15,16). The number of H-pyrrole nitrogens is 1. The lowest BCUT2D eigenvalue weighted by Gasteiger charge is -2.09. The molecule has 0 atom stereocenters. The molecule has 0 saturated heterocycles. The number of methoxy groups -OCH3 is 2. The van der Waals surface area contributed by atoms with Gasteiger partial charge in [-0.2, -0.15) is 0 Å². The fourth-order valence-corrected chi connectivity index (χ4v) is 1.78. The molecule has 2 rings (SSSR count). The predicted molar refractivity (Wildman–Crippen MR) is 70.5 cm³/mol. The number of hydrogen-bond acceptors (Lipinski definition) is 4. The molecule has 96 valence electrons. The molecule has 5 heteroatoms. The van der Waals surface area contributed by atoms with Crippen LogP contribution in [0.2, 0.25) is 0 Å². The highest BCUT2D eigenvalue weighted by Gasteiger charge is 2.07. The van der Waals surface area contributed by atoms with Gasteiger partial charge in [-0.25, -0.2) is 4.98 Å². The summed E-state index contributed by atoms with van der Waals surface area (Å²) in [4.78, 5) is 7.37. The van der Waals surface area contributed by atoms with Crippen LogP contribution in [0.5, 0.6) is 11.5 Å². The third-order valence-corrected chi connectivity index (χ3v) is 2.74. The number of benzene rings is 1. The van der Waals surface area contributed by atoms with Gasteiger partial charge in [0.2, 0.25) is 0 Å². The molecule has 1 aromatic heterocycles. The Morgan fingerprint density at radius 2 is 2.11 bits per heavy atom. The molecule has 1 aromatic carbocycles. The molecular formula is C13H17N3O2. The summed E-state index contributed by atoms with van der Waals surface area (Å²) in [6.07, 6.45) is 2.55.